The Kier molecular flexibility index (Phi) is 9.93. The SMILES string of the molecule is CSCC[C@H](NC(=O)c1ccc(COc2cccnc2)cc1-c1ccccc1)C(=O)NS(=O)(=O)c1ccccc1. The van der Waals surface area contributed by atoms with Gasteiger partial charge in [-0.25, -0.2) is 13.1 Å². The van der Waals surface area contributed by atoms with E-state index in [1.165, 1.54) is 23.9 Å². The zero-order chi connectivity index (χ0) is 28.4. The number of thioether (sulfide) groups is 1. The second kappa shape index (κ2) is 13.8. The smallest absolute Gasteiger partial charge is 0.264 e. The number of carbonyl (C=O) groups is 2. The van der Waals surface area contributed by atoms with Crippen molar-refractivity contribution in [2.75, 3.05) is 12.0 Å². The van der Waals surface area contributed by atoms with Crippen molar-refractivity contribution in [1.82, 2.24) is 15.0 Å². The van der Waals surface area contributed by atoms with Gasteiger partial charge in [-0.3, -0.25) is 14.6 Å². The monoisotopic (exact) mass is 575 g/mol. The maximum Gasteiger partial charge on any atom is 0.264 e. The van der Waals surface area contributed by atoms with Gasteiger partial charge in [-0.15, -0.1) is 0 Å². The van der Waals surface area contributed by atoms with Crippen LogP contribution in [-0.2, 0) is 21.4 Å². The molecule has 3 aromatic carbocycles. The molecule has 0 radical (unpaired) electrons. The Morgan fingerprint density at radius 1 is 0.950 bits per heavy atom. The van der Waals surface area contributed by atoms with Gasteiger partial charge in [-0.2, -0.15) is 11.8 Å². The molecule has 0 fully saturated rings. The van der Waals surface area contributed by atoms with Crippen molar-refractivity contribution in [3.63, 3.8) is 0 Å². The summed E-state index contributed by atoms with van der Waals surface area (Å²) >= 11 is 1.49. The quantitative estimate of drug-likeness (QED) is 0.252. The largest absolute Gasteiger partial charge is 0.487 e. The van der Waals surface area contributed by atoms with Crippen LogP contribution in [0.4, 0.5) is 0 Å². The molecule has 0 aliphatic rings. The van der Waals surface area contributed by atoms with Gasteiger partial charge in [0.05, 0.1) is 11.1 Å². The number of carbonyl (C=O) groups excluding carboxylic acids is 2. The molecule has 0 bridgehead atoms. The van der Waals surface area contributed by atoms with Gasteiger partial charge in [0, 0.05) is 11.8 Å². The number of hydrogen-bond acceptors (Lipinski definition) is 7. The van der Waals surface area contributed by atoms with Gasteiger partial charge in [0.25, 0.3) is 21.8 Å². The molecule has 0 saturated carbocycles. The summed E-state index contributed by atoms with van der Waals surface area (Å²) in [7, 11) is -4.09. The molecule has 4 aromatic rings. The number of aromatic nitrogens is 1. The molecule has 1 aromatic heterocycles. The van der Waals surface area contributed by atoms with Crippen molar-refractivity contribution in [3.05, 3.63) is 115 Å². The molecule has 4 rings (SSSR count). The molecule has 0 unspecified atom stereocenters. The number of sulfonamides is 1. The number of hydrogen-bond donors (Lipinski definition) is 2. The van der Waals surface area contributed by atoms with E-state index in [-0.39, 0.29) is 17.9 Å². The fourth-order valence-corrected chi connectivity index (χ4v) is 5.45. The Labute approximate surface area is 238 Å². The number of benzene rings is 3. The fraction of sp³-hybridized carbons (Fsp3) is 0.167. The molecule has 10 heteroatoms. The van der Waals surface area contributed by atoms with Crippen LogP contribution in [-0.4, -0.2) is 43.3 Å². The molecule has 0 spiro atoms. The second-order valence-electron chi connectivity index (χ2n) is 8.81. The summed E-state index contributed by atoms with van der Waals surface area (Å²) in [5.41, 5.74) is 2.66. The lowest BCUT2D eigenvalue weighted by Gasteiger charge is -2.20. The summed E-state index contributed by atoms with van der Waals surface area (Å²) in [4.78, 5) is 30.7. The average Bonchev–Trinajstić information content (AvgIpc) is 2.99. The van der Waals surface area contributed by atoms with Gasteiger partial charge in [-0.05, 0) is 71.5 Å². The minimum atomic E-state index is -4.09. The van der Waals surface area contributed by atoms with Crippen molar-refractivity contribution in [2.45, 2.75) is 24.0 Å². The van der Waals surface area contributed by atoms with Gasteiger partial charge < -0.3 is 10.1 Å². The Bertz CT molecular complexity index is 1530. The highest BCUT2D eigenvalue weighted by molar-refractivity contribution is 7.98. The number of ether oxygens (including phenoxy) is 1. The summed E-state index contributed by atoms with van der Waals surface area (Å²) in [5.74, 6) is -0.121. The predicted molar refractivity (Wildman–Crippen MR) is 156 cm³/mol. The van der Waals surface area contributed by atoms with Crippen molar-refractivity contribution in [1.29, 1.82) is 0 Å². The number of pyridine rings is 1. The number of rotatable bonds is 12. The first kappa shape index (κ1) is 28.8. The standard InChI is InChI=1S/C30H29N3O5S2/c1-39-18-16-28(30(35)33-40(36,37)25-12-6-3-7-13-25)32-29(34)26-15-14-22(21-38-24-11-8-17-31-20-24)19-27(26)23-9-4-2-5-10-23/h2-15,17,19-20,28H,16,18,21H2,1H3,(H,32,34)(H,33,35)/t28-/m0/s1. The van der Waals surface area contributed by atoms with E-state index in [2.05, 4.69) is 15.0 Å². The van der Waals surface area contributed by atoms with Crippen molar-refractivity contribution in [3.8, 4) is 16.9 Å². The summed E-state index contributed by atoms with van der Waals surface area (Å²) < 4.78 is 33.4. The third-order valence-corrected chi connectivity index (χ3v) is 7.98. The molecule has 2 amide bonds. The van der Waals surface area contributed by atoms with Crippen LogP contribution in [0.2, 0.25) is 0 Å². The average molecular weight is 576 g/mol. The Hall–Kier alpha value is -4.15. The summed E-state index contributed by atoms with van der Waals surface area (Å²) in [6.45, 7) is 0.267. The number of nitrogens with one attached hydrogen (secondary N) is 2. The van der Waals surface area contributed by atoms with E-state index >= 15 is 0 Å². The second-order valence-corrected chi connectivity index (χ2v) is 11.5. The topological polar surface area (TPSA) is 114 Å². The van der Waals surface area contributed by atoms with E-state index in [0.717, 1.165) is 11.1 Å². The molecule has 1 heterocycles. The van der Waals surface area contributed by atoms with Gasteiger partial charge >= 0.3 is 0 Å². The molecular formula is C30H29N3O5S2. The van der Waals surface area contributed by atoms with Crippen molar-refractivity contribution in [2.24, 2.45) is 0 Å². The van der Waals surface area contributed by atoms with Gasteiger partial charge in [0.1, 0.15) is 18.4 Å². The predicted octanol–water partition coefficient (Wildman–Crippen LogP) is 4.68. The van der Waals surface area contributed by atoms with Gasteiger partial charge in [0.2, 0.25) is 0 Å². The molecule has 2 N–H and O–H groups in total. The van der Waals surface area contributed by atoms with E-state index in [0.29, 0.717) is 22.6 Å². The maximum absolute atomic E-state index is 13.6. The lowest BCUT2D eigenvalue weighted by Crippen LogP contribution is -2.48. The molecule has 0 aliphatic carbocycles. The van der Waals surface area contributed by atoms with Crippen LogP contribution in [0.15, 0.2) is 108 Å². The van der Waals surface area contributed by atoms with E-state index < -0.39 is 27.9 Å². The Morgan fingerprint density at radius 2 is 1.68 bits per heavy atom. The zero-order valence-corrected chi connectivity index (χ0v) is 23.5. The molecule has 206 valence electrons. The first-order valence-electron chi connectivity index (χ1n) is 12.5. The fourth-order valence-electron chi connectivity index (χ4n) is 3.94. The maximum atomic E-state index is 13.6. The summed E-state index contributed by atoms with van der Waals surface area (Å²) in [5, 5.41) is 2.76. The lowest BCUT2D eigenvalue weighted by atomic mass is 9.96. The van der Waals surface area contributed by atoms with Crippen molar-refractivity contribution >= 4 is 33.6 Å². The van der Waals surface area contributed by atoms with Crippen LogP contribution in [0.1, 0.15) is 22.3 Å². The third-order valence-electron chi connectivity index (χ3n) is 5.97. The highest BCUT2D eigenvalue weighted by Crippen LogP contribution is 2.26. The third kappa shape index (κ3) is 7.71. The Morgan fingerprint density at radius 3 is 2.35 bits per heavy atom. The molecule has 8 nitrogen and oxygen atoms in total. The molecular weight excluding hydrogens is 546 g/mol. The molecule has 1 atom stereocenters. The minimum Gasteiger partial charge on any atom is -0.487 e. The van der Waals surface area contributed by atoms with E-state index in [1.54, 1.807) is 48.8 Å². The van der Waals surface area contributed by atoms with Crippen LogP contribution in [0.3, 0.4) is 0 Å². The number of amides is 2. The van der Waals surface area contributed by atoms with Crippen LogP contribution >= 0.6 is 11.8 Å². The molecule has 0 saturated heterocycles. The van der Waals surface area contributed by atoms with Crippen LogP contribution in [0.5, 0.6) is 5.75 Å². The first-order chi connectivity index (χ1) is 19.4. The normalized spacial score (nSPS) is 11.8. The summed E-state index contributed by atoms with van der Waals surface area (Å²) in [6.07, 6.45) is 5.41. The molecule has 40 heavy (non-hydrogen) atoms. The summed E-state index contributed by atoms with van der Waals surface area (Å²) in [6, 6.07) is 24.9. The van der Waals surface area contributed by atoms with Crippen LogP contribution < -0.4 is 14.8 Å². The lowest BCUT2D eigenvalue weighted by molar-refractivity contribution is -0.121. The minimum absolute atomic E-state index is 0.0336. The van der Waals surface area contributed by atoms with Gasteiger partial charge in [-0.1, -0.05) is 54.6 Å². The first-order valence-corrected chi connectivity index (χ1v) is 15.4. The zero-order valence-electron chi connectivity index (χ0n) is 21.8. The highest BCUT2D eigenvalue weighted by atomic mass is 32.2. The number of nitrogens with zero attached hydrogens (tertiary/aromatic N) is 1. The van der Waals surface area contributed by atoms with E-state index in [9.17, 15) is 18.0 Å². The van der Waals surface area contributed by atoms with Crippen LogP contribution in [0.25, 0.3) is 11.1 Å². The van der Waals surface area contributed by atoms with E-state index in [1.807, 2.05) is 48.7 Å². The Balaban J connectivity index is 1.57. The molecule has 0 aliphatic heterocycles. The van der Waals surface area contributed by atoms with Gasteiger partial charge in [0.15, 0.2) is 0 Å². The highest BCUT2D eigenvalue weighted by Gasteiger charge is 2.27. The van der Waals surface area contributed by atoms with Crippen LogP contribution in [0, 0.1) is 0 Å². The van der Waals surface area contributed by atoms with E-state index in [4.69, 9.17) is 4.74 Å². The van der Waals surface area contributed by atoms with Crippen molar-refractivity contribution < 1.29 is 22.7 Å².